The third kappa shape index (κ3) is 4.42. The molecule has 0 saturated carbocycles. The van der Waals surface area contributed by atoms with E-state index >= 15 is 0 Å². The Bertz CT molecular complexity index is 1040. The lowest BCUT2D eigenvalue weighted by molar-refractivity contribution is 0.399. The van der Waals surface area contributed by atoms with E-state index in [4.69, 9.17) is 12.2 Å². The fourth-order valence-corrected chi connectivity index (χ4v) is 4.72. The zero-order chi connectivity index (χ0) is 21.0. The molecule has 1 saturated heterocycles. The first kappa shape index (κ1) is 20.0. The maximum absolute atomic E-state index is 5.79. The average molecular weight is 433 g/mol. The van der Waals surface area contributed by atoms with Crippen molar-refractivity contribution < 1.29 is 0 Å². The normalized spacial score (nSPS) is 15.7. The molecule has 0 unspecified atom stereocenters. The molecule has 7 heteroatoms. The highest BCUT2D eigenvalue weighted by Gasteiger charge is 2.23. The number of fused-ring (bicyclic) bond motifs is 3. The standard InChI is InChI=1S/C24H28N6S/c31-24(25-12-11-19-7-3-1-4-8-19)29-17-20-15-21(28-13-5-2-6-14-28)9-10-23(20)30-22(18-29)16-26-27-30/h1,3-4,7-10,15-16H,2,5-6,11-14,17-18H2,(H,25,31). The van der Waals surface area contributed by atoms with Crippen molar-refractivity contribution in [2.75, 3.05) is 24.5 Å². The van der Waals surface area contributed by atoms with E-state index in [1.807, 2.05) is 16.9 Å². The highest BCUT2D eigenvalue weighted by Crippen LogP contribution is 2.29. The molecule has 1 fully saturated rings. The summed E-state index contributed by atoms with van der Waals surface area (Å²) in [5.74, 6) is 0. The maximum Gasteiger partial charge on any atom is 0.169 e. The minimum absolute atomic E-state index is 0.692. The molecule has 2 aliphatic rings. The van der Waals surface area contributed by atoms with E-state index in [1.165, 1.54) is 36.1 Å². The predicted molar refractivity (Wildman–Crippen MR) is 127 cm³/mol. The summed E-state index contributed by atoms with van der Waals surface area (Å²) >= 11 is 5.79. The van der Waals surface area contributed by atoms with Gasteiger partial charge in [0.15, 0.2) is 5.11 Å². The van der Waals surface area contributed by atoms with Crippen molar-refractivity contribution in [2.24, 2.45) is 0 Å². The van der Waals surface area contributed by atoms with Gasteiger partial charge < -0.3 is 15.1 Å². The van der Waals surface area contributed by atoms with Crippen molar-refractivity contribution in [3.63, 3.8) is 0 Å². The van der Waals surface area contributed by atoms with Gasteiger partial charge in [-0.1, -0.05) is 35.5 Å². The van der Waals surface area contributed by atoms with Crippen molar-refractivity contribution in [2.45, 2.75) is 38.8 Å². The van der Waals surface area contributed by atoms with Crippen LogP contribution in [0.4, 0.5) is 5.69 Å². The van der Waals surface area contributed by atoms with Crippen molar-refractivity contribution in [3.05, 3.63) is 71.5 Å². The molecule has 0 amide bonds. The quantitative estimate of drug-likeness (QED) is 0.635. The summed E-state index contributed by atoms with van der Waals surface area (Å²) in [7, 11) is 0. The summed E-state index contributed by atoms with van der Waals surface area (Å²) in [6, 6.07) is 17.2. The van der Waals surface area contributed by atoms with Crippen LogP contribution in [0.5, 0.6) is 0 Å². The molecule has 6 nitrogen and oxygen atoms in total. The highest BCUT2D eigenvalue weighted by atomic mass is 32.1. The van der Waals surface area contributed by atoms with Crippen LogP contribution >= 0.6 is 12.2 Å². The molecule has 0 atom stereocenters. The number of nitrogens with zero attached hydrogens (tertiary/aromatic N) is 5. The number of nitrogens with one attached hydrogen (secondary N) is 1. The molecule has 0 bridgehead atoms. The number of hydrogen-bond donors (Lipinski definition) is 1. The summed E-state index contributed by atoms with van der Waals surface area (Å²) in [5, 5.41) is 12.8. The molecular weight excluding hydrogens is 404 g/mol. The van der Waals surface area contributed by atoms with E-state index in [2.05, 4.69) is 67.9 Å². The number of aromatic nitrogens is 3. The Morgan fingerprint density at radius 3 is 2.68 bits per heavy atom. The van der Waals surface area contributed by atoms with E-state index in [0.29, 0.717) is 6.54 Å². The van der Waals surface area contributed by atoms with Crippen LogP contribution in [0.1, 0.15) is 36.1 Å². The number of rotatable bonds is 4. The van der Waals surface area contributed by atoms with E-state index in [1.54, 1.807) is 0 Å². The van der Waals surface area contributed by atoms with E-state index < -0.39 is 0 Å². The fraction of sp³-hybridized carbons (Fsp3) is 0.375. The average Bonchev–Trinajstić information content (AvgIpc) is 3.21. The second-order valence-electron chi connectivity index (χ2n) is 8.32. The van der Waals surface area contributed by atoms with Crippen molar-refractivity contribution in [1.82, 2.24) is 25.2 Å². The lowest BCUT2D eigenvalue weighted by Crippen LogP contribution is -2.39. The lowest BCUT2D eigenvalue weighted by atomic mass is 10.1. The van der Waals surface area contributed by atoms with Crippen LogP contribution in [0.25, 0.3) is 5.69 Å². The van der Waals surface area contributed by atoms with Crippen LogP contribution in [0.2, 0.25) is 0 Å². The third-order valence-electron chi connectivity index (χ3n) is 6.17. The van der Waals surface area contributed by atoms with Crippen LogP contribution in [0.3, 0.4) is 0 Å². The Morgan fingerprint density at radius 2 is 1.84 bits per heavy atom. The molecule has 0 spiro atoms. The van der Waals surface area contributed by atoms with Gasteiger partial charge in [-0.05, 0) is 67.2 Å². The van der Waals surface area contributed by atoms with Gasteiger partial charge in [0.25, 0.3) is 0 Å². The monoisotopic (exact) mass is 432 g/mol. The van der Waals surface area contributed by atoms with E-state index in [0.717, 1.165) is 49.1 Å². The topological polar surface area (TPSA) is 49.2 Å². The molecule has 5 rings (SSSR count). The van der Waals surface area contributed by atoms with Crippen LogP contribution in [-0.2, 0) is 19.5 Å². The summed E-state index contributed by atoms with van der Waals surface area (Å²) in [6.45, 7) is 4.54. The van der Waals surface area contributed by atoms with Gasteiger partial charge in [0.05, 0.1) is 24.1 Å². The summed E-state index contributed by atoms with van der Waals surface area (Å²) in [5.41, 5.74) is 6.00. The number of hydrogen-bond acceptors (Lipinski definition) is 4. The van der Waals surface area contributed by atoms with Gasteiger partial charge in [0, 0.05) is 31.9 Å². The van der Waals surface area contributed by atoms with Gasteiger partial charge in [0.2, 0.25) is 0 Å². The Balaban J connectivity index is 1.34. The number of piperidine rings is 1. The van der Waals surface area contributed by atoms with Gasteiger partial charge >= 0.3 is 0 Å². The summed E-state index contributed by atoms with van der Waals surface area (Å²) in [4.78, 5) is 4.72. The van der Waals surface area contributed by atoms with Crippen LogP contribution in [0.15, 0.2) is 54.7 Å². The van der Waals surface area contributed by atoms with E-state index in [9.17, 15) is 0 Å². The first-order chi connectivity index (χ1) is 15.3. The van der Waals surface area contributed by atoms with Gasteiger partial charge in [-0.25, -0.2) is 4.68 Å². The first-order valence-corrected chi connectivity index (χ1v) is 11.5. The molecule has 160 valence electrons. The Labute approximate surface area is 188 Å². The van der Waals surface area contributed by atoms with Crippen molar-refractivity contribution in [1.29, 1.82) is 0 Å². The van der Waals surface area contributed by atoms with Gasteiger partial charge in [0.1, 0.15) is 0 Å². The van der Waals surface area contributed by atoms with Crippen LogP contribution < -0.4 is 10.2 Å². The first-order valence-electron chi connectivity index (χ1n) is 11.1. The van der Waals surface area contributed by atoms with Crippen LogP contribution in [-0.4, -0.2) is 44.6 Å². The zero-order valence-corrected chi connectivity index (χ0v) is 18.5. The molecule has 1 aromatic heterocycles. The van der Waals surface area contributed by atoms with E-state index in [-0.39, 0.29) is 0 Å². The lowest BCUT2D eigenvalue weighted by Gasteiger charge is -2.30. The highest BCUT2D eigenvalue weighted by molar-refractivity contribution is 7.80. The minimum Gasteiger partial charge on any atom is -0.372 e. The second-order valence-corrected chi connectivity index (χ2v) is 8.71. The Hall–Kier alpha value is -2.93. The molecule has 0 radical (unpaired) electrons. The van der Waals surface area contributed by atoms with Gasteiger partial charge in [-0.3, -0.25) is 0 Å². The van der Waals surface area contributed by atoms with Gasteiger partial charge in [-0.15, -0.1) is 5.10 Å². The molecule has 2 aromatic carbocycles. The molecule has 1 N–H and O–H groups in total. The second kappa shape index (κ2) is 9.06. The molecule has 3 heterocycles. The Kier molecular flexibility index (Phi) is 5.84. The Morgan fingerprint density at radius 1 is 1.00 bits per heavy atom. The number of benzene rings is 2. The zero-order valence-electron chi connectivity index (χ0n) is 17.7. The molecule has 3 aromatic rings. The largest absolute Gasteiger partial charge is 0.372 e. The maximum atomic E-state index is 5.79. The molecule has 2 aliphatic heterocycles. The van der Waals surface area contributed by atoms with Crippen LogP contribution in [0, 0.1) is 0 Å². The molecule has 31 heavy (non-hydrogen) atoms. The fourth-order valence-electron chi connectivity index (χ4n) is 4.49. The number of thiocarbonyl (C=S) groups is 1. The minimum atomic E-state index is 0.692. The smallest absolute Gasteiger partial charge is 0.169 e. The summed E-state index contributed by atoms with van der Waals surface area (Å²) < 4.78 is 1.96. The SMILES string of the molecule is S=C(NCCc1ccccc1)N1Cc2cc(N3CCCCC3)ccc2-n2nncc2C1. The van der Waals surface area contributed by atoms with Crippen molar-refractivity contribution in [3.8, 4) is 5.69 Å². The predicted octanol–water partition coefficient (Wildman–Crippen LogP) is 3.69. The number of anilines is 1. The molecular formula is C24H28N6S. The van der Waals surface area contributed by atoms with Crippen molar-refractivity contribution >= 4 is 23.0 Å². The van der Waals surface area contributed by atoms with Gasteiger partial charge in [-0.2, -0.15) is 0 Å². The third-order valence-corrected chi connectivity index (χ3v) is 6.57. The summed E-state index contributed by atoms with van der Waals surface area (Å²) in [6.07, 6.45) is 6.66. The molecule has 0 aliphatic carbocycles.